The van der Waals surface area contributed by atoms with Crippen LogP contribution in [0.1, 0.15) is 57.9 Å². The predicted octanol–water partition coefficient (Wildman–Crippen LogP) is 3.82. The highest BCUT2D eigenvalue weighted by Crippen LogP contribution is 2.43. The first-order valence-corrected chi connectivity index (χ1v) is 9.26. The molecule has 1 saturated carbocycles. The van der Waals surface area contributed by atoms with Crippen LogP contribution in [0.25, 0.3) is 0 Å². The van der Waals surface area contributed by atoms with Gasteiger partial charge in [0.25, 0.3) is 0 Å². The molecule has 1 aromatic rings. The van der Waals surface area contributed by atoms with Crippen LogP contribution in [0.2, 0.25) is 0 Å². The van der Waals surface area contributed by atoms with E-state index < -0.39 is 0 Å². The first-order valence-electron chi connectivity index (χ1n) is 9.26. The van der Waals surface area contributed by atoms with Crippen LogP contribution in [0.15, 0.2) is 18.2 Å². The van der Waals surface area contributed by atoms with Crippen molar-refractivity contribution in [3.8, 4) is 11.5 Å². The Bertz CT molecular complexity index is 576. The molecule has 1 fully saturated rings. The summed E-state index contributed by atoms with van der Waals surface area (Å²) in [5, 5.41) is 3.19. The van der Waals surface area contributed by atoms with Crippen LogP contribution in [0.5, 0.6) is 11.5 Å². The summed E-state index contributed by atoms with van der Waals surface area (Å²) in [6, 6.07) is 6.30. The molecule has 0 bridgehead atoms. The standard InChI is InChI=1S/C20H29NO3/c1-15(2)5-8-19(22)21-14-20(9-3-4-10-20)16-6-7-17-18(13-16)24-12-11-23-17/h6-7,13,15H,3-5,8-12,14H2,1-2H3,(H,21,22). The molecule has 2 aliphatic rings. The second-order valence-corrected chi connectivity index (χ2v) is 7.56. The van der Waals surface area contributed by atoms with Crippen LogP contribution in [-0.4, -0.2) is 25.7 Å². The molecular formula is C20H29NO3. The molecular weight excluding hydrogens is 302 g/mol. The summed E-state index contributed by atoms with van der Waals surface area (Å²) in [5.41, 5.74) is 1.32. The quantitative estimate of drug-likeness (QED) is 0.862. The molecule has 1 N–H and O–H groups in total. The molecule has 1 amide bonds. The number of hydrogen-bond acceptors (Lipinski definition) is 3. The Morgan fingerprint density at radius 1 is 1.17 bits per heavy atom. The van der Waals surface area contributed by atoms with Crippen molar-refractivity contribution in [1.82, 2.24) is 5.32 Å². The second-order valence-electron chi connectivity index (χ2n) is 7.56. The number of rotatable bonds is 6. The topological polar surface area (TPSA) is 47.6 Å². The summed E-state index contributed by atoms with van der Waals surface area (Å²) >= 11 is 0. The van der Waals surface area contributed by atoms with Gasteiger partial charge in [-0.15, -0.1) is 0 Å². The Hall–Kier alpha value is -1.71. The third kappa shape index (κ3) is 3.85. The first kappa shape index (κ1) is 17.1. The molecule has 0 spiro atoms. The third-order valence-corrected chi connectivity index (χ3v) is 5.29. The van der Waals surface area contributed by atoms with Gasteiger partial charge in [-0.05, 0) is 42.9 Å². The van der Waals surface area contributed by atoms with E-state index in [0.29, 0.717) is 25.6 Å². The molecule has 0 aromatic heterocycles. The fraction of sp³-hybridized carbons (Fsp3) is 0.650. The zero-order valence-electron chi connectivity index (χ0n) is 14.9. The molecule has 0 saturated heterocycles. The minimum atomic E-state index is 0.0450. The number of fused-ring (bicyclic) bond motifs is 1. The largest absolute Gasteiger partial charge is 0.486 e. The van der Waals surface area contributed by atoms with E-state index in [1.54, 1.807) is 0 Å². The van der Waals surface area contributed by atoms with E-state index in [1.807, 2.05) is 6.07 Å². The number of amides is 1. The van der Waals surface area contributed by atoms with Gasteiger partial charge in [0.1, 0.15) is 13.2 Å². The van der Waals surface area contributed by atoms with E-state index in [1.165, 1.54) is 18.4 Å². The molecule has 1 heterocycles. The molecule has 4 heteroatoms. The maximum Gasteiger partial charge on any atom is 0.220 e. The molecule has 132 valence electrons. The maximum absolute atomic E-state index is 12.2. The van der Waals surface area contributed by atoms with Gasteiger partial charge in [0, 0.05) is 18.4 Å². The normalized spacial score (nSPS) is 18.6. The van der Waals surface area contributed by atoms with Crippen molar-refractivity contribution in [3.05, 3.63) is 23.8 Å². The Morgan fingerprint density at radius 2 is 1.88 bits per heavy atom. The monoisotopic (exact) mass is 331 g/mol. The zero-order chi connectivity index (χ0) is 17.0. The van der Waals surface area contributed by atoms with Gasteiger partial charge in [0.2, 0.25) is 5.91 Å². The number of nitrogens with one attached hydrogen (secondary N) is 1. The summed E-state index contributed by atoms with van der Waals surface area (Å²) in [6.45, 7) is 6.25. The van der Waals surface area contributed by atoms with E-state index >= 15 is 0 Å². The van der Waals surface area contributed by atoms with Gasteiger partial charge in [-0.3, -0.25) is 4.79 Å². The van der Waals surface area contributed by atoms with E-state index in [0.717, 1.165) is 37.3 Å². The summed E-state index contributed by atoms with van der Waals surface area (Å²) in [5.74, 6) is 2.41. The molecule has 24 heavy (non-hydrogen) atoms. The Kier molecular flexibility index (Phi) is 5.32. The number of carbonyl (C=O) groups is 1. The minimum Gasteiger partial charge on any atom is -0.486 e. The van der Waals surface area contributed by atoms with Gasteiger partial charge in [-0.2, -0.15) is 0 Å². The lowest BCUT2D eigenvalue weighted by atomic mass is 9.78. The van der Waals surface area contributed by atoms with Gasteiger partial charge in [0.05, 0.1) is 0 Å². The summed E-state index contributed by atoms with van der Waals surface area (Å²) in [7, 11) is 0. The van der Waals surface area contributed by atoms with Crippen LogP contribution in [0.4, 0.5) is 0 Å². The van der Waals surface area contributed by atoms with Crippen molar-refractivity contribution in [1.29, 1.82) is 0 Å². The lowest BCUT2D eigenvalue weighted by Crippen LogP contribution is -2.39. The van der Waals surface area contributed by atoms with Crippen LogP contribution in [0, 0.1) is 5.92 Å². The maximum atomic E-state index is 12.2. The number of carbonyl (C=O) groups excluding carboxylic acids is 1. The van der Waals surface area contributed by atoms with Crippen LogP contribution in [-0.2, 0) is 10.2 Å². The van der Waals surface area contributed by atoms with E-state index in [-0.39, 0.29) is 11.3 Å². The molecule has 1 aliphatic carbocycles. The number of hydrogen-bond donors (Lipinski definition) is 1. The van der Waals surface area contributed by atoms with E-state index in [4.69, 9.17) is 9.47 Å². The molecule has 0 atom stereocenters. The summed E-state index contributed by atoms with van der Waals surface area (Å²) < 4.78 is 11.4. The summed E-state index contributed by atoms with van der Waals surface area (Å²) in [6.07, 6.45) is 6.25. The van der Waals surface area contributed by atoms with Gasteiger partial charge in [0.15, 0.2) is 11.5 Å². The lowest BCUT2D eigenvalue weighted by Gasteiger charge is -2.31. The van der Waals surface area contributed by atoms with Gasteiger partial charge in [-0.25, -0.2) is 0 Å². The van der Waals surface area contributed by atoms with Gasteiger partial charge >= 0.3 is 0 Å². The van der Waals surface area contributed by atoms with Crippen LogP contribution in [0.3, 0.4) is 0 Å². The highest BCUT2D eigenvalue weighted by molar-refractivity contribution is 5.76. The van der Waals surface area contributed by atoms with Crippen molar-refractivity contribution in [2.75, 3.05) is 19.8 Å². The predicted molar refractivity (Wildman–Crippen MR) is 94.7 cm³/mol. The average molecular weight is 331 g/mol. The van der Waals surface area contributed by atoms with Crippen molar-refractivity contribution < 1.29 is 14.3 Å². The molecule has 4 nitrogen and oxygen atoms in total. The van der Waals surface area contributed by atoms with E-state index in [2.05, 4.69) is 31.3 Å². The van der Waals surface area contributed by atoms with Crippen LogP contribution < -0.4 is 14.8 Å². The average Bonchev–Trinajstić information content (AvgIpc) is 3.08. The molecule has 1 aliphatic heterocycles. The zero-order valence-corrected chi connectivity index (χ0v) is 14.9. The van der Waals surface area contributed by atoms with Crippen molar-refractivity contribution >= 4 is 5.91 Å². The van der Waals surface area contributed by atoms with Crippen molar-refractivity contribution in [2.24, 2.45) is 5.92 Å². The molecule has 0 unspecified atom stereocenters. The lowest BCUT2D eigenvalue weighted by molar-refractivity contribution is -0.121. The third-order valence-electron chi connectivity index (χ3n) is 5.29. The number of benzene rings is 1. The SMILES string of the molecule is CC(C)CCC(=O)NCC1(c2ccc3c(c2)OCCO3)CCCC1. The minimum absolute atomic E-state index is 0.0450. The van der Waals surface area contributed by atoms with Crippen molar-refractivity contribution in [3.63, 3.8) is 0 Å². The number of ether oxygens (including phenoxy) is 2. The Morgan fingerprint density at radius 3 is 2.58 bits per heavy atom. The highest BCUT2D eigenvalue weighted by atomic mass is 16.6. The first-order chi connectivity index (χ1) is 11.6. The molecule has 1 aromatic carbocycles. The summed E-state index contributed by atoms with van der Waals surface area (Å²) in [4.78, 5) is 12.2. The van der Waals surface area contributed by atoms with Crippen molar-refractivity contribution in [2.45, 2.75) is 57.8 Å². The second kappa shape index (κ2) is 7.45. The van der Waals surface area contributed by atoms with Gasteiger partial charge < -0.3 is 14.8 Å². The van der Waals surface area contributed by atoms with Gasteiger partial charge in [-0.1, -0.05) is 32.8 Å². The van der Waals surface area contributed by atoms with E-state index in [9.17, 15) is 4.79 Å². The molecule has 3 rings (SSSR count). The fourth-order valence-electron chi connectivity index (χ4n) is 3.77. The smallest absolute Gasteiger partial charge is 0.220 e. The molecule has 0 radical (unpaired) electrons. The highest BCUT2D eigenvalue weighted by Gasteiger charge is 2.36. The Balaban J connectivity index is 1.70. The fourth-order valence-corrected chi connectivity index (χ4v) is 3.77. The van der Waals surface area contributed by atoms with Crippen LogP contribution >= 0.6 is 0 Å². The Labute approximate surface area is 144 Å².